The van der Waals surface area contributed by atoms with Gasteiger partial charge in [-0.15, -0.1) is 0 Å². The van der Waals surface area contributed by atoms with Crippen LogP contribution in [-0.2, 0) is 4.74 Å². The quantitative estimate of drug-likeness (QED) is 0.752. The Morgan fingerprint density at radius 3 is 2.48 bits per heavy atom. The number of amides is 1. The molecule has 2 aromatic rings. The van der Waals surface area contributed by atoms with E-state index in [0.717, 1.165) is 0 Å². The average Bonchev–Trinajstić information content (AvgIpc) is 2.86. The van der Waals surface area contributed by atoms with E-state index in [9.17, 15) is 14.4 Å². The van der Waals surface area contributed by atoms with Gasteiger partial charge in [-0.05, 0) is 25.0 Å². The largest absolute Gasteiger partial charge is 0.464 e. The molecule has 122 valence electrons. The first-order valence-electron chi connectivity index (χ1n) is 7.15. The minimum atomic E-state index is -0.581. The van der Waals surface area contributed by atoms with Gasteiger partial charge in [0, 0.05) is 23.0 Å². The molecule has 7 heteroatoms. The van der Waals surface area contributed by atoms with Gasteiger partial charge in [0.2, 0.25) is 5.56 Å². The van der Waals surface area contributed by atoms with Crippen molar-refractivity contribution in [1.82, 2.24) is 9.97 Å². The number of aromatic amines is 2. The van der Waals surface area contributed by atoms with Crippen molar-refractivity contribution in [2.24, 2.45) is 0 Å². The van der Waals surface area contributed by atoms with Crippen molar-refractivity contribution < 1.29 is 14.3 Å². The lowest BCUT2D eigenvalue weighted by molar-refractivity contribution is 0.0596. The Morgan fingerprint density at radius 2 is 1.87 bits per heavy atom. The van der Waals surface area contributed by atoms with Crippen molar-refractivity contribution in [3.05, 3.63) is 51.2 Å². The number of hydrogen-bond acceptors (Lipinski definition) is 4. The second-order valence-electron chi connectivity index (χ2n) is 5.53. The molecule has 0 unspecified atom stereocenters. The van der Waals surface area contributed by atoms with E-state index in [1.807, 2.05) is 13.8 Å². The van der Waals surface area contributed by atoms with E-state index < -0.39 is 11.9 Å². The Bertz CT molecular complexity index is 802. The van der Waals surface area contributed by atoms with Crippen LogP contribution in [0.2, 0.25) is 0 Å². The Labute approximate surface area is 133 Å². The number of H-pyrrole nitrogens is 2. The average molecular weight is 317 g/mol. The third-order valence-electron chi connectivity index (χ3n) is 3.34. The molecule has 0 aromatic carbocycles. The van der Waals surface area contributed by atoms with E-state index >= 15 is 0 Å². The lowest BCUT2D eigenvalue weighted by Gasteiger charge is -2.09. The highest BCUT2D eigenvalue weighted by atomic mass is 16.5. The summed E-state index contributed by atoms with van der Waals surface area (Å²) in [6.45, 7) is 5.59. The summed E-state index contributed by atoms with van der Waals surface area (Å²) in [5, 5.41) is 2.63. The molecule has 0 saturated heterocycles. The molecule has 7 nitrogen and oxygen atoms in total. The maximum Gasteiger partial charge on any atom is 0.356 e. The smallest absolute Gasteiger partial charge is 0.356 e. The number of aromatic nitrogens is 2. The molecule has 0 saturated carbocycles. The van der Waals surface area contributed by atoms with Gasteiger partial charge in [-0.2, -0.15) is 0 Å². The van der Waals surface area contributed by atoms with Crippen molar-refractivity contribution in [3.63, 3.8) is 0 Å². The first-order valence-corrected chi connectivity index (χ1v) is 7.15. The summed E-state index contributed by atoms with van der Waals surface area (Å²) in [5.41, 5.74) is 1.72. The normalized spacial score (nSPS) is 10.7. The van der Waals surface area contributed by atoms with Gasteiger partial charge in [0.25, 0.3) is 5.91 Å². The van der Waals surface area contributed by atoms with Crippen LogP contribution in [0, 0.1) is 6.92 Å². The van der Waals surface area contributed by atoms with Crippen LogP contribution in [0.25, 0.3) is 0 Å². The van der Waals surface area contributed by atoms with Crippen LogP contribution in [0.4, 0.5) is 5.69 Å². The highest BCUT2D eigenvalue weighted by molar-refractivity contribution is 6.07. The molecule has 2 rings (SSSR count). The zero-order valence-corrected chi connectivity index (χ0v) is 13.4. The first kappa shape index (κ1) is 16.5. The van der Waals surface area contributed by atoms with Crippen LogP contribution in [-0.4, -0.2) is 29.0 Å². The van der Waals surface area contributed by atoms with Crippen molar-refractivity contribution in [2.75, 3.05) is 12.4 Å². The molecule has 0 radical (unpaired) electrons. The number of pyridine rings is 1. The fraction of sp³-hybridized carbons (Fsp3) is 0.312. The minimum Gasteiger partial charge on any atom is -0.464 e. The summed E-state index contributed by atoms with van der Waals surface area (Å²) in [7, 11) is 1.26. The molecule has 0 aliphatic rings. The molecule has 0 spiro atoms. The maximum atomic E-state index is 12.4. The van der Waals surface area contributed by atoms with Crippen LogP contribution in [0.3, 0.4) is 0 Å². The Morgan fingerprint density at radius 1 is 1.17 bits per heavy atom. The number of nitrogens with one attached hydrogen (secondary N) is 3. The van der Waals surface area contributed by atoms with Gasteiger partial charge in [0.15, 0.2) is 0 Å². The fourth-order valence-corrected chi connectivity index (χ4v) is 2.15. The number of esters is 1. The second kappa shape index (κ2) is 6.51. The second-order valence-corrected chi connectivity index (χ2v) is 5.53. The van der Waals surface area contributed by atoms with E-state index in [1.165, 1.54) is 13.2 Å². The predicted molar refractivity (Wildman–Crippen MR) is 86.0 cm³/mol. The van der Waals surface area contributed by atoms with E-state index in [1.54, 1.807) is 19.1 Å². The van der Waals surface area contributed by atoms with Gasteiger partial charge in [0.1, 0.15) is 5.69 Å². The molecule has 0 atom stereocenters. The fourth-order valence-electron chi connectivity index (χ4n) is 2.15. The van der Waals surface area contributed by atoms with E-state index in [4.69, 9.17) is 0 Å². The number of methoxy groups -OCH3 is 1. The zero-order chi connectivity index (χ0) is 17.1. The van der Waals surface area contributed by atoms with Gasteiger partial charge in [-0.3, -0.25) is 9.59 Å². The molecule has 2 aromatic heterocycles. The van der Waals surface area contributed by atoms with Crippen molar-refractivity contribution in [3.8, 4) is 0 Å². The Balaban J connectivity index is 2.33. The van der Waals surface area contributed by atoms with Crippen molar-refractivity contribution in [2.45, 2.75) is 26.7 Å². The molecule has 0 bridgehead atoms. The van der Waals surface area contributed by atoms with Gasteiger partial charge < -0.3 is 20.0 Å². The van der Waals surface area contributed by atoms with Gasteiger partial charge in [-0.25, -0.2) is 4.79 Å². The van der Waals surface area contributed by atoms with E-state index in [0.29, 0.717) is 17.1 Å². The summed E-state index contributed by atoms with van der Waals surface area (Å²) < 4.78 is 4.67. The molecule has 0 aliphatic carbocycles. The van der Waals surface area contributed by atoms with Gasteiger partial charge in [-0.1, -0.05) is 13.8 Å². The molecule has 23 heavy (non-hydrogen) atoms. The minimum absolute atomic E-state index is 0.0792. The summed E-state index contributed by atoms with van der Waals surface area (Å²) in [5.74, 6) is -0.972. The third kappa shape index (κ3) is 3.68. The molecular weight excluding hydrogens is 298 g/mol. The van der Waals surface area contributed by atoms with Crippen LogP contribution < -0.4 is 10.9 Å². The lowest BCUT2D eigenvalue weighted by atomic mass is 10.1. The maximum absolute atomic E-state index is 12.4. The van der Waals surface area contributed by atoms with Crippen LogP contribution in [0.1, 0.15) is 52.0 Å². The van der Waals surface area contributed by atoms with Crippen molar-refractivity contribution in [1.29, 1.82) is 0 Å². The van der Waals surface area contributed by atoms with Crippen LogP contribution >= 0.6 is 0 Å². The topological polar surface area (TPSA) is 104 Å². The van der Waals surface area contributed by atoms with Gasteiger partial charge in [0.05, 0.1) is 12.8 Å². The molecular formula is C16H19N3O4. The number of hydrogen-bond donors (Lipinski definition) is 3. The number of carbonyl (C=O) groups excluding carboxylic acids is 2. The standard InChI is InChI=1S/C16H19N3O4/c1-8(2)11-6-10(7-13(20)18-11)15(21)19-12-5-9(3)17-14(12)16(22)23-4/h5-8,17H,1-4H3,(H,18,20)(H,19,21). The third-order valence-corrected chi connectivity index (χ3v) is 3.34. The molecule has 3 N–H and O–H groups in total. The van der Waals surface area contributed by atoms with Gasteiger partial charge >= 0.3 is 5.97 Å². The highest BCUT2D eigenvalue weighted by Gasteiger charge is 2.18. The monoisotopic (exact) mass is 317 g/mol. The number of ether oxygens (including phenoxy) is 1. The molecule has 0 aliphatic heterocycles. The summed E-state index contributed by atoms with van der Waals surface area (Å²) in [4.78, 5) is 41.3. The zero-order valence-electron chi connectivity index (χ0n) is 13.4. The summed E-state index contributed by atoms with van der Waals surface area (Å²) in [6, 6.07) is 4.47. The Hall–Kier alpha value is -2.83. The van der Waals surface area contributed by atoms with Crippen molar-refractivity contribution >= 4 is 17.6 Å². The number of rotatable bonds is 4. The molecule has 2 heterocycles. The predicted octanol–water partition coefficient (Wildman–Crippen LogP) is 2.17. The number of aryl methyl sites for hydroxylation is 1. The Kier molecular flexibility index (Phi) is 4.68. The van der Waals surface area contributed by atoms with E-state index in [-0.39, 0.29) is 22.7 Å². The molecule has 1 amide bonds. The van der Waals surface area contributed by atoms with Crippen LogP contribution in [0.15, 0.2) is 23.0 Å². The number of carbonyl (C=O) groups is 2. The first-order chi connectivity index (χ1) is 10.8. The number of anilines is 1. The van der Waals surface area contributed by atoms with Crippen LogP contribution in [0.5, 0.6) is 0 Å². The molecule has 0 fully saturated rings. The lowest BCUT2D eigenvalue weighted by Crippen LogP contribution is -2.19. The summed E-state index contributed by atoms with van der Waals surface area (Å²) in [6.07, 6.45) is 0. The SMILES string of the molecule is COC(=O)c1[nH]c(C)cc1NC(=O)c1cc(C(C)C)[nH]c(=O)c1. The summed E-state index contributed by atoms with van der Waals surface area (Å²) >= 11 is 0. The highest BCUT2D eigenvalue weighted by Crippen LogP contribution is 2.19. The van der Waals surface area contributed by atoms with E-state index in [2.05, 4.69) is 20.0 Å².